The molecule has 0 amide bonds. The molecule has 2 N–H and O–H groups in total. The molecule has 1 fully saturated rings. The van der Waals surface area contributed by atoms with Gasteiger partial charge in [-0.05, 0) is 44.0 Å². The SMILES string of the molecule is CCNC(C)c1ccc(N2CCCCCC2CO)c(F)c1. The first-order valence-corrected chi connectivity index (χ1v) is 8.07. The topological polar surface area (TPSA) is 35.5 Å². The molecule has 21 heavy (non-hydrogen) atoms. The van der Waals surface area contributed by atoms with Gasteiger partial charge in [0.25, 0.3) is 0 Å². The molecule has 0 bridgehead atoms. The molecule has 1 heterocycles. The number of nitrogens with one attached hydrogen (secondary N) is 1. The minimum atomic E-state index is -0.183. The van der Waals surface area contributed by atoms with Crippen LogP contribution in [0.4, 0.5) is 10.1 Å². The molecule has 0 aliphatic carbocycles. The molecular formula is C17H27FN2O. The maximum Gasteiger partial charge on any atom is 0.146 e. The lowest BCUT2D eigenvalue weighted by atomic mass is 10.1. The molecule has 1 aromatic rings. The lowest BCUT2D eigenvalue weighted by Gasteiger charge is -2.31. The maximum atomic E-state index is 14.5. The van der Waals surface area contributed by atoms with Crippen LogP contribution in [0.25, 0.3) is 0 Å². The van der Waals surface area contributed by atoms with E-state index >= 15 is 0 Å². The highest BCUT2D eigenvalue weighted by molar-refractivity contribution is 5.50. The fourth-order valence-corrected chi connectivity index (χ4v) is 3.13. The molecule has 0 aromatic heterocycles. The summed E-state index contributed by atoms with van der Waals surface area (Å²) in [5.41, 5.74) is 1.59. The highest BCUT2D eigenvalue weighted by atomic mass is 19.1. The summed E-state index contributed by atoms with van der Waals surface area (Å²) in [6, 6.07) is 5.68. The van der Waals surface area contributed by atoms with Crippen molar-refractivity contribution in [2.24, 2.45) is 0 Å². The zero-order chi connectivity index (χ0) is 15.2. The van der Waals surface area contributed by atoms with Gasteiger partial charge in [-0.1, -0.05) is 25.8 Å². The number of hydrogen-bond acceptors (Lipinski definition) is 3. The minimum absolute atomic E-state index is 0.0408. The molecule has 3 nitrogen and oxygen atoms in total. The van der Waals surface area contributed by atoms with Gasteiger partial charge in [-0.2, -0.15) is 0 Å². The van der Waals surface area contributed by atoms with Crippen LogP contribution < -0.4 is 10.2 Å². The van der Waals surface area contributed by atoms with Crippen LogP contribution in [-0.2, 0) is 0 Å². The summed E-state index contributed by atoms with van der Waals surface area (Å²) in [5.74, 6) is -0.183. The average Bonchev–Trinajstić information content (AvgIpc) is 2.72. The number of nitrogens with zero attached hydrogens (tertiary/aromatic N) is 1. The standard InChI is InChI=1S/C17H27FN2O/c1-3-19-13(2)14-8-9-17(16(18)11-14)20-10-6-4-5-7-15(20)12-21/h8-9,11,13,15,19,21H,3-7,10,12H2,1-2H3. The van der Waals surface area contributed by atoms with Gasteiger partial charge in [0.05, 0.1) is 18.3 Å². The van der Waals surface area contributed by atoms with Crippen LogP contribution in [-0.4, -0.2) is 30.8 Å². The van der Waals surface area contributed by atoms with Gasteiger partial charge in [0, 0.05) is 12.6 Å². The molecule has 2 unspecified atom stereocenters. The van der Waals surface area contributed by atoms with E-state index in [2.05, 4.69) is 5.32 Å². The Morgan fingerprint density at radius 3 is 2.86 bits per heavy atom. The van der Waals surface area contributed by atoms with E-state index in [0.717, 1.165) is 44.3 Å². The molecule has 0 spiro atoms. The van der Waals surface area contributed by atoms with Gasteiger partial charge in [-0.15, -0.1) is 0 Å². The first-order valence-electron chi connectivity index (χ1n) is 8.07. The van der Waals surface area contributed by atoms with Gasteiger partial charge in [0.15, 0.2) is 0 Å². The molecule has 2 rings (SSSR count). The Labute approximate surface area is 127 Å². The number of rotatable bonds is 5. The van der Waals surface area contributed by atoms with E-state index < -0.39 is 0 Å². The molecule has 1 aromatic carbocycles. The van der Waals surface area contributed by atoms with Crippen LogP contribution >= 0.6 is 0 Å². The zero-order valence-corrected chi connectivity index (χ0v) is 13.1. The van der Waals surface area contributed by atoms with Gasteiger partial charge in [-0.25, -0.2) is 4.39 Å². The number of aliphatic hydroxyl groups excluding tert-OH is 1. The van der Waals surface area contributed by atoms with Crippen molar-refractivity contribution in [2.75, 3.05) is 24.6 Å². The predicted molar refractivity (Wildman–Crippen MR) is 85.2 cm³/mol. The van der Waals surface area contributed by atoms with Gasteiger partial charge in [-0.3, -0.25) is 0 Å². The molecule has 118 valence electrons. The summed E-state index contributed by atoms with van der Waals surface area (Å²) in [6.07, 6.45) is 4.26. The average molecular weight is 294 g/mol. The van der Waals surface area contributed by atoms with E-state index in [-0.39, 0.29) is 24.5 Å². The molecule has 2 atom stereocenters. The Morgan fingerprint density at radius 1 is 1.38 bits per heavy atom. The maximum absolute atomic E-state index is 14.5. The van der Waals surface area contributed by atoms with Gasteiger partial charge < -0.3 is 15.3 Å². The first-order chi connectivity index (χ1) is 10.2. The van der Waals surface area contributed by atoms with Crippen LogP contribution in [0.3, 0.4) is 0 Å². The van der Waals surface area contributed by atoms with Crippen molar-refractivity contribution in [1.29, 1.82) is 0 Å². The Morgan fingerprint density at radius 2 is 2.19 bits per heavy atom. The Kier molecular flexibility index (Phi) is 6.00. The third kappa shape index (κ3) is 3.95. The summed E-state index contributed by atoms with van der Waals surface area (Å²) in [5, 5.41) is 12.9. The van der Waals surface area contributed by atoms with E-state index in [4.69, 9.17) is 0 Å². The number of halogens is 1. The van der Waals surface area contributed by atoms with E-state index in [1.165, 1.54) is 0 Å². The number of benzene rings is 1. The predicted octanol–water partition coefficient (Wildman–Crippen LogP) is 3.24. The van der Waals surface area contributed by atoms with Crippen LogP contribution in [0, 0.1) is 5.82 Å². The van der Waals surface area contributed by atoms with Crippen molar-refractivity contribution in [2.45, 2.75) is 51.6 Å². The van der Waals surface area contributed by atoms with E-state index in [9.17, 15) is 9.50 Å². The number of anilines is 1. The van der Waals surface area contributed by atoms with E-state index in [1.54, 1.807) is 6.07 Å². The Balaban J connectivity index is 2.22. The molecule has 1 saturated heterocycles. The molecular weight excluding hydrogens is 267 g/mol. The molecule has 1 aliphatic rings. The summed E-state index contributed by atoms with van der Waals surface area (Å²) >= 11 is 0. The lowest BCUT2D eigenvalue weighted by Crippen LogP contribution is -2.38. The zero-order valence-electron chi connectivity index (χ0n) is 13.1. The lowest BCUT2D eigenvalue weighted by molar-refractivity contribution is 0.254. The van der Waals surface area contributed by atoms with Crippen molar-refractivity contribution >= 4 is 5.69 Å². The fraction of sp³-hybridized carbons (Fsp3) is 0.647. The van der Waals surface area contributed by atoms with Crippen LogP contribution in [0.1, 0.15) is 51.1 Å². The Hall–Kier alpha value is -1.13. The van der Waals surface area contributed by atoms with Crippen molar-refractivity contribution in [3.8, 4) is 0 Å². The van der Waals surface area contributed by atoms with Gasteiger partial charge >= 0.3 is 0 Å². The second-order valence-corrected chi connectivity index (χ2v) is 5.87. The van der Waals surface area contributed by atoms with Crippen molar-refractivity contribution in [3.63, 3.8) is 0 Å². The molecule has 4 heteroatoms. The summed E-state index contributed by atoms with van der Waals surface area (Å²) in [4.78, 5) is 2.05. The number of aliphatic hydroxyl groups is 1. The molecule has 1 aliphatic heterocycles. The monoisotopic (exact) mass is 294 g/mol. The quantitative estimate of drug-likeness (QED) is 0.875. The van der Waals surface area contributed by atoms with Crippen molar-refractivity contribution < 1.29 is 9.50 Å². The highest BCUT2D eigenvalue weighted by Crippen LogP contribution is 2.28. The Bertz CT molecular complexity index is 452. The van der Waals surface area contributed by atoms with Crippen LogP contribution in [0.2, 0.25) is 0 Å². The highest BCUT2D eigenvalue weighted by Gasteiger charge is 2.23. The van der Waals surface area contributed by atoms with E-state index in [0.29, 0.717) is 5.69 Å². The summed E-state index contributed by atoms with van der Waals surface area (Å²) < 4.78 is 14.5. The van der Waals surface area contributed by atoms with Gasteiger partial charge in [0.2, 0.25) is 0 Å². The second kappa shape index (κ2) is 7.76. The summed E-state index contributed by atoms with van der Waals surface area (Å²) in [7, 11) is 0. The van der Waals surface area contributed by atoms with E-state index in [1.807, 2.05) is 30.9 Å². The minimum Gasteiger partial charge on any atom is -0.394 e. The van der Waals surface area contributed by atoms with Gasteiger partial charge in [0.1, 0.15) is 5.82 Å². The van der Waals surface area contributed by atoms with Crippen LogP contribution in [0.15, 0.2) is 18.2 Å². The number of hydrogen-bond donors (Lipinski definition) is 2. The third-order valence-electron chi connectivity index (χ3n) is 4.38. The van der Waals surface area contributed by atoms with Crippen molar-refractivity contribution in [1.82, 2.24) is 5.32 Å². The van der Waals surface area contributed by atoms with Crippen molar-refractivity contribution in [3.05, 3.63) is 29.6 Å². The first kappa shape index (κ1) is 16.2. The largest absolute Gasteiger partial charge is 0.394 e. The summed E-state index contributed by atoms with van der Waals surface area (Å²) in [6.45, 7) is 5.87. The fourth-order valence-electron chi connectivity index (χ4n) is 3.13. The smallest absolute Gasteiger partial charge is 0.146 e. The van der Waals surface area contributed by atoms with Crippen LogP contribution in [0.5, 0.6) is 0 Å². The molecule has 0 radical (unpaired) electrons. The second-order valence-electron chi connectivity index (χ2n) is 5.87. The normalized spacial score (nSPS) is 21.1. The molecule has 0 saturated carbocycles. The third-order valence-corrected chi connectivity index (χ3v) is 4.38.